The summed E-state index contributed by atoms with van der Waals surface area (Å²) >= 11 is 3.37. The number of ether oxygens (including phenoxy) is 1. The second kappa shape index (κ2) is 7.97. The van der Waals surface area contributed by atoms with Crippen LogP contribution in [0.4, 0.5) is 5.69 Å². The Balaban J connectivity index is 2.08. The van der Waals surface area contributed by atoms with Crippen molar-refractivity contribution in [3.63, 3.8) is 0 Å². The van der Waals surface area contributed by atoms with E-state index in [9.17, 15) is 9.59 Å². The molecule has 0 saturated heterocycles. The molecule has 0 bridgehead atoms. The van der Waals surface area contributed by atoms with Gasteiger partial charge in [-0.15, -0.1) is 0 Å². The normalized spacial score (nSPS) is 10.2. The molecule has 0 radical (unpaired) electrons. The number of nitrogens with one attached hydrogen (secondary N) is 1. The first kappa shape index (κ1) is 18.0. The maximum absolute atomic E-state index is 12.4. The predicted molar refractivity (Wildman–Crippen MR) is 97.5 cm³/mol. The number of halogens is 1. The van der Waals surface area contributed by atoms with E-state index < -0.39 is 0 Å². The molecule has 0 aliphatic carbocycles. The maximum atomic E-state index is 12.4. The van der Waals surface area contributed by atoms with Crippen molar-refractivity contribution in [2.45, 2.75) is 6.42 Å². The molecule has 2 aromatic rings. The van der Waals surface area contributed by atoms with Crippen molar-refractivity contribution in [3.8, 4) is 5.75 Å². The molecule has 0 unspecified atom stereocenters. The molecule has 0 saturated carbocycles. The van der Waals surface area contributed by atoms with Gasteiger partial charge in [0.15, 0.2) is 0 Å². The van der Waals surface area contributed by atoms with Gasteiger partial charge in [-0.1, -0.05) is 12.1 Å². The van der Waals surface area contributed by atoms with E-state index in [2.05, 4.69) is 21.2 Å². The first-order chi connectivity index (χ1) is 11.4. The minimum absolute atomic E-state index is 0.0343. The van der Waals surface area contributed by atoms with Gasteiger partial charge in [0, 0.05) is 24.3 Å². The van der Waals surface area contributed by atoms with Crippen molar-refractivity contribution < 1.29 is 14.3 Å². The van der Waals surface area contributed by atoms with Gasteiger partial charge < -0.3 is 15.0 Å². The minimum Gasteiger partial charge on any atom is -0.497 e. The quantitative estimate of drug-likeness (QED) is 0.851. The van der Waals surface area contributed by atoms with Gasteiger partial charge in [-0.3, -0.25) is 9.59 Å². The van der Waals surface area contributed by atoms with Crippen LogP contribution in [0.1, 0.15) is 15.9 Å². The highest BCUT2D eigenvalue weighted by molar-refractivity contribution is 9.10. The standard InChI is InChI=1S/C18H19BrN2O3/c1-21(2)17(22)10-12-4-6-13(7-5-12)20-18(23)15-11-14(24-3)8-9-16(15)19/h4-9,11H,10H2,1-3H3,(H,20,23). The van der Waals surface area contributed by atoms with Crippen molar-refractivity contribution in [1.29, 1.82) is 0 Å². The second-order valence-electron chi connectivity index (χ2n) is 5.46. The Morgan fingerprint density at radius 1 is 1.12 bits per heavy atom. The number of likely N-dealkylation sites (N-methyl/N-ethyl adjacent to an activating group) is 1. The van der Waals surface area contributed by atoms with E-state index in [1.165, 1.54) is 0 Å². The van der Waals surface area contributed by atoms with E-state index in [0.717, 1.165) is 5.56 Å². The van der Waals surface area contributed by atoms with Crippen LogP contribution in [0.25, 0.3) is 0 Å². The van der Waals surface area contributed by atoms with E-state index in [4.69, 9.17) is 4.74 Å². The fourth-order valence-corrected chi connectivity index (χ4v) is 2.47. The smallest absolute Gasteiger partial charge is 0.256 e. The van der Waals surface area contributed by atoms with E-state index in [1.807, 2.05) is 12.1 Å². The van der Waals surface area contributed by atoms with Gasteiger partial charge in [0.05, 0.1) is 19.1 Å². The highest BCUT2D eigenvalue weighted by Gasteiger charge is 2.12. The molecule has 0 heterocycles. The Bertz CT molecular complexity index is 742. The van der Waals surface area contributed by atoms with Gasteiger partial charge in [0.2, 0.25) is 5.91 Å². The van der Waals surface area contributed by atoms with Gasteiger partial charge in [-0.2, -0.15) is 0 Å². The average molecular weight is 391 g/mol. The molecule has 2 aromatic carbocycles. The zero-order valence-electron chi connectivity index (χ0n) is 13.8. The monoisotopic (exact) mass is 390 g/mol. The molecule has 0 aliphatic heterocycles. The number of carbonyl (C=O) groups is 2. The first-order valence-corrected chi connectivity index (χ1v) is 8.14. The van der Waals surface area contributed by atoms with Crippen LogP contribution < -0.4 is 10.1 Å². The molecule has 126 valence electrons. The van der Waals surface area contributed by atoms with Gasteiger partial charge >= 0.3 is 0 Å². The van der Waals surface area contributed by atoms with Crippen LogP contribution in [-0.2, 0) is 11.2 Å². The molecule has 0 aromatic heterocycles. The number of amides is 2. The van der Waals surface area contributed by atoms with Crippen LogP contribution in [-0.4, -0.2) is 37.9 Å². The Labute approximate surface area is 149 Å². The number of rotatable bonds is 5. The molecule has 2 amide bonds. The summed E-state index contributed by atoms with van der Waals surface area (Å²) < 4.78 is 5.83. The second-order valence-corrected chi connectivity index (χ2v) is 6.32. The third kappa shape index (κ3) is 4.58. The molecule has 0 aliphatic rings. The third-order valence-electron chi connectivity index (χ3n) is 3.48. The van der Waals surface area contributed by atoms with E-state index in [0.29, 0.717) is 27.9 Å². The molecule has 1 N–H and O–H groups in total. The van der Waals surface area contributed by atoms with Crippen molar-refractivity contribution in [3.05, 3.63) is 58.1 Å². The van der Waals surface area contributed by atoms with Crippen molar-refractivity contribution in [1.82, 2.24) is 4.90 Å². The minimum atomic E-state index is -0.238. The Morgan fingerprint density at radius 2 is 1.79 bits per heavy atom. The summed E-state index contributed by atoms with van der Waals surface area (Å²) in [4.78, 5) is 25.6. The topological polar surface area (TPSA) is 58.6 Å². The Morgan fingerprint density at radius 3 is 2.38 bits per heavy atom. The summed E-state index contributed by atoms with van der Waals surface area (Å²) in [5.74, 6) is 0.408. The van der Waals surface area contributed by atoms with Crippen LogP contribution >= 0.6 is 15.9 Å². The average Bonchev–Trinajstić information content (AvgIpc) is 2.56. The summed E-state index contributed by atoms with van der Waals surface area (Å²) in [7, 11) is 5.00. The zero-order chi connectivity index (χ0) is 17.7. The molecule has 24 heavy (non-hydrogen) atoms. The predicted octanol–water partition coefficient (Wildman–Crippen LogP) is 3.34. The Hall–Kier alpha value is -2.34. The lowest BCUT2D eigenvalue weighted by Gasteiger charge is -2.11. The SMILES string of the molecule is COc1ccc(Br)c(C(=O)Nc2ccc(CC(=O)N(C)C)cc2)c1. The fourth-order valence-electron chi connectivity index (χ4n) is 2.04. The number of hydrogen-bond donors (Lipinski definition) is 1. The number of methoxy groups -OCH3 is 1. The summed E-state index contributed by atoms with van der Waals surface area (Å²) in [6.07, 6.45) is 0.336. The maximum Gasteiger partial charge on any atom is 0.256 e. The van der Waals surface area contributed by atoms with Crippen molar-refractivity contribution >= 4 is 33.4 Å². The molecule has 5 nitrogen and oxygen atoms in total. The highest BCUT2D eigenvalue weighted by Crippen LogP contribution is 2.23. The molecular formula is C18H19BrN2O3. The van der Waals surface area contributed by atoms with Gasteiger partial charge in [-0.05, 0) is 51.8 Å². The molecule has 0 fully saturated rings. The summed E-state index contributed by atoms with van der Waals surface area (Å²) in [6, 6.07) is 12.4. The lowest BCUT2D eigenvalue weighted by molar-refractivity contribution is -0.127. The number of hydrogen-bond acceptors (Lipinski definition) is 3. The van der Waals surface area contributed by atoms with E-state index >= 15 is 0 Å². The van der Waals surface area contributed by atoms with E-state index in [-0.39, 0.29) is 11.8 Å². The zero-order valence-corrected chi connectivity index (χ0v) is 15.4. The number of carbonyl (C=O) groups excluding carboxylic acids is 2. The lowest BCUT2D eigenvalue weighted by atomic mass is 10.1. The van der Waals surface area contributed by atoms with Crippen LogP contribution in [0.2, 0.25) is 0 Å². The van der Waals surface area contributed by atoms with Crippen LogP contribution in [0.15, 0.2) is 46.9 Å². The van der Waals surface area contributed by atoms with Crippen molar-refractivity contribution in [2.24, 2.45) is 0 Å². The summed E-state index contributed by atoms with van der Waals surface area (Å²) in [5.41, 5.74) is 2.05. The molecular weight excluding hydrogens is 372 g/mol. The molecule has 0 spiro atoms. The highest BCUT2D eigenvalue weighted by atomic mass is 79.9. The molecule has 2 rings (SSSR count). The van der Waals surface area contributed by atoms with Gasteiger partial charge in [0.25, 0.3) is 5.91 Å². The fraction of sp³-hybridized carbons (Fsp3) is 0.222. The van der Waals surface area contributed by atoms with Crippen LogP contribution in [0.3, 0.4) is 0 Å². The van der Waals surface area contributed by atoms with Crippen LogP contribution in [0, 0.1) is 0 Å². The number of anilines is 1. The molecule has 6 heteroatoms. The first-order valence-electron chi connectivity index (χ1n) is 7.34. The third-order valence-corrected chi connectivity index (χ3v) is 4.18. The lowest BCUT2D eigenvalue weighted by Crippen LogP contribution is -2.23. The van der Waals surface area contributed by atoms with E-state index in [1.54, 1.807) is 56.4 Å². The largest absolute Gasteiger partial charge is 0.497 e. The summed E-state index contributed by atoms with van der Waals surface area (Å²) in [6.45, 7) is 0. The van der Waals surface area contributed by atoms with Gasteiger partial charge in [0.1, 0.15) is 5.75 Å². The van der Waals surface area contributed by atoms with Crippen LogP contribution in [0.5, 0.6) is 5.75 Å². The van der Waals surface area contributed by atoms with Gasteiger partial charge in [-0.25, -0.2) is 0 Å². The summed E-state index contributed by atoms with van der Waals surface area (Å²) in [5, 5.41) is 2.83. The number of benzene rings is 2. The molecule has 0 atom stereocenters. The van der Waals surface area contributed by atoms with Crippen molar-refractivity contribution in [2.75, 3.05) is 26.5 Å². The Kier molecular flexibility index (Phi) is 5.98. The number of nitrogens with zero attached hydrogens (tertiary/aromatic N) is 1.